The number of nitrogens with one attached hydrogen (secondary N) is 3. The van der Waals surface area contributed by atoms with Crippen LogP contribution in [-0.4, -0.2) is 64.5 Å². The van der Waals surface area contributed by atoms with Crippen LogP contribution in [0.2, 0.25) is 0 Å². The first-order chi connectivity index (χ1) is 12.4. The molecule has 3 atom stereocenters. The number of rotatable bonds is 11. The third-order valence-corrected chi connectivity index (χ3v) is 3.70. The number of nitrogens with two attached hydrogens (primary N) is 1. The molecular weight excluding hydrogens is 360 g/mol. The monoisotopic (exact) mass is 388 g/mol. The van der Waals surface area contributed by atoms with E-state index in [-0.39, 0.29) is 5.92 Å². The van der Waals surface area contributed by atoms with Crippen LogP contribution in [0.4, 0.5) is 0 Å². The van der Waals surface area contributed by atoms with Gasteiger partial charge in [-0.25, -0.2) is 4.79 Å². The van der Waals surface area contributed by atoms with Crippen molar-refractivity contribution in [2.24, 2.45) is 17.6 Å². The average molecular weight is 388 g/mol. The summed E-state index contributed by atoms with van der Waals surface area (Å²) in [5.41, 5.74) is 5.66. The van der Waals surface area contributed by atoms with E-state index in [1.54, 1.807) is 27.7 Å². The zero-order valence-electron chi connectivity index (χ0n) is 15.8. The van der Waals surface area contributed by atoms with E-state index in [0.29, 0.717) is 0 Å². The van der Waals surface area contributed by atoms with Crippen LogP contribution in [0.25, 0.3) is 0 Å². The highest BCUT2D eigenvalue weighted by Crippen LogP contribution is 2.04. The highest BCUT2D eigenvalue weighted by molar-refractivity contribution is 5.93. The fourth-order valence-corrected chi connectivity index (χ4v) is 1.98. The zero-order valence-corrected chi connectivity index (χ0v) is 15.8. The molecule has 3 unspecified atom stereocenters. The van der Waals surface area contributed by atoms with Gasteiger partial charge in [0.2, 0.25) is 17.7 Å². The standard InChI is InChI=1S/C16H28N4O7/c1-7(2)12(17)14(24)18-6-10(21)20-13(8(3)4)15(25)19-9(16(26)27)5-11(22)23/h7-9,12-13H,5-6,17H2,1-4H3,(H,18,24)(H,19,25)(H,20,21)(H,22,23)(H,26,27). The SMILES string of the molecule is CC(C)C(N)C(=O)NCC(=O)NC(C(=O)NC(CC(=O)O)C(=O)O)C(C)C. The molecule has 154 valence electrons. The van der Waals surface area contributed by atoms with Crippen molar-refractivity contribution >= 4 is 29.7 Å². The number of hydrogen-bond acceptors (Lipinski definition) is 6. The van der Waals surface area contributed by atoms with Crippen molar-refractivity contribution in [3.05, 3.63) is 0 Å². The maximum atomic E-state index is 12.3. The Bertz CT molecular complexity index is 577. The van der Waals surface area contributed by atoms with Gasteiger partial charge in [-0.15, -0.1) is 0 Å². The highest BCUT2D eigenvalue weighted by Gasteiger charge is 2.30. The van der Waals surface area contributed by atoms with Crippen LogP contribution in [0.1, 0.15) is 34.1 Å². The number of aliphatic carboxylic acids is 2. The van der Waals surface area contributed by atoms with Crippen molar-refractivity contribution in [3.8, 4) is 0 Å². The maximum absolute atomic E-state index is 12.3. The van der Waals surface area contributed by atoms with Crippen molar-refractivity contribution in [1.82, 2.24) is 16.0 Å². The van der Waals surface area contributed by atoms with Crippen molar-refractivity contribution in [1.29, 1.82) is 0 Å². The number of amides is 3. The summed E-state index contributed by atoms with van der Waals surface area (Å²) in [6.07, 6.45) is -0.803. The Morgan fingerprint density at radius 3 is 1.85 bits per heavy atom. The molecule has 0 spiro atoms. The van der Waals surface area contributed by atoms with E-state index in [1.165, 1.54) is 0 Å². The molecule has 0 aromatic rings. The zero-order chi connectivity index (χ0) is 21.3. The Balaban J connectivity index is 4.85. The first kappa shape index (κ1) is 24.3. The van der Waals surface area contributed by atoms with Crippen molar-refractivity contribution < 1.29 is 34.2 Å². The van der Waals surface area contributed by atoms with Crippen LogP contribution in [0.3, 0.4) is 0 Å². The third kappa shape index (κ3) is 8.99. The normalized spacial score (nSPS) is 14.2. The fraction of sp³-hybridized carbons (Fsp3) is 0.688. The van der Waals surface area contributed by atoms with Gasteiger partial charge in [0.15, 0.2) is 0 Å². The van der Waals surface area contributed by atoms with Gasteiger partial charge in [0.05, 0.1) is 19.0 Å². The molecule has 3 amide bonds. The van der Waals surface area contributed by atoms with Gasteiger partial charge < -0.3 is 31.9 Å². The molecule has 0 aromatic carbocycles. The van der Waals surface area contributed by atoms with Gasteiger partial charge in [0.1, 0.15) is 12.1 Å². The second-order valence-corrected chi connectivity index (χ2v) is 6.77. The van der Waals surface area contributed by atoms with E-state index in [9.17, 15) is 24.0 Å². The van der Waals surface area contributed by atoms with Gasteiger partial charge in [0, 0.05) is 0 Å². The molecule has 0 aliphatic carbocycles. The molecule has 0 aromatic heterocycles. The van der Waals surface area contributed by atoms with Gasteiger partial charge in [0.25, 0.3) is 0 Å². The number of hydrogen-bond donors (Lipinski definition) is 6. The molecule has 0 saturated carbocycles. The number of carbonyl (C=O) groups excluding carboxylic acids is 3. The highest BCUT2D eigenvalue weighted by atomic mass is 16.4. The first-order valence-electron chi connectivity index (χ1n) is 8.44. The topological polar surface area (TPSA) is 188 Å². The van der Waals surface area contributed by atoms with Crippen molar-refractivity contribution in [2.75, 3.05) is 6.54 Å². The summed E-state index contributed by atoms with van der Waals surface area (Å²) in [5.74, 6) is -5.45. The Morgan fingerprint density at radius 2 is 1.44 bits per heavy atom. The lowest BCUT2D eigenvalue weighted by Gasteiger charge is -2.24. The van der Waals surface area contributed by atoms with Crippen LogP contribution >= 0.6 is 0 Å². The predicted octanol–water partition coefficient (Wildman–Crippen LogP) is -1.73. The van der Waals surface area contributed by atoms with Crippen LogP contribution in [0.5, 0.6) is 0 Å². The summed E-state index contributed by atoms with van der Waals surface area (Å²) in [5, 5.41) is 24.5. The van der Waals surface area contributed by atoms with Crippen LogP contribution in [0, 0.1) is 11.8 Å². The molecule has 0 rings (SSSR count). The molecule has 0 fully saturated rings. The second-order valence-electron chi connectivity index (χ2n) is 6.77. The Morgan fingerprint density at radius 1 is 0.889 bits per heavy atom. The second kappa shape index (κ2) is 11.1. The van der Waals surface area contributed by atoms with Crippen LogP contribution in [-0.2, 0) is 24.0 Å². The van der Waals surface area contributed by atoms with Crippen molar-refractivity contribution in [2.45, 2.75) is 52.2 Å². The molecule has 7 N–H and O–H groups in total. The molecule has 11 nitrogen and oxygen atoms in total. The smallest absolute Gasteiger partial charge is 0.326 e. The molecule has 0 aliphatic heterocycles. The molecule has 0 saturated heterocycles. The van der Waals surface area contributed by atoms with E-state index in [4.69, 9.17) is 15.9 Å². The lowest BCUT2D eigenvalue weighted by atomic mass is 10.0. The fourth-order valence-electron chi connectivity index (χ4n) is 1.98. The summed E-state index contributed by atoms with van der Waals surface area (Å²) in [7, 11) is 0. The van der Waals surface area contributed by atoms with E-state index in [1.807, 2.05) is 0 Å². The lowest BCUT2D eigenvalue weighted by molar-refractivity contribution is -0.147. The molecule has 11 heteroatoms. The minimum Gasteiger partial charge on any atom is -0.481 e. The summed E-state index contributed by atoms with van der Waals surface area (Å²) in [6, 6.07) is -3.52. The molecular formula is C16H28N4O7. The van der Waals surface area contributed by atoms with Crippen LogP contribution in [0.15, 0.2) is 0 Å². The number of carbonyl (C=O) groups is 5. The lowest BCUT2D eigenvalue weighted by Crippen LogP contribution is -2.56. The third-order valence-electron chi connectivity index (χ3n) is 3.70. The molecule has 27 heavy (non-hydrogen) atoms. The van der Waals surface area contributed by atoms with Crippen molar-refractivity contribution in [3.63, 3.8) is 0 Å². The van der Waals surface area contributed by atoms with Gasteiger partial charge >= 0.3 is 11.9 Å². The van der Waals surface area contributed by atoms with E-state index < -0.39 is 66.7 Å². The molecule has 0 aliphatic rings. The maximum Gasteiger partial charge on any atom is 0.326 e. The van der Waals surface area contributed by atoms with Gasteiger partial charge in [-0.2, -0.15) is 0 Å². The van der Waals surface area contributed by atoms with Gasteiger partial charge in [-0.05, 0) is 11.8 Å². The van der Waals surface area contributed by atoms with Crippen LogP contribution < -0.4 is 21.7 Å². The van der Waals surface area contributed by atoms with E-state index in [2.05, 4.69) is 16.0 Å². The quantitative estimate of drug-likeness (QED) is 0.241. The molecule has 0 bridgehead atoms. The Kier molecular flexibility index (Phi) is 10.0. The average Bonchev–Trinajstić information content (AvgIpc) is 2.54. The Hall–Kier alpha value is -2.69. The largest absolute Gasteiger partial charge is 0.481 e. The minimum absolute atomic E-state index is 0.121. The van der Waals surface area contributed by atoms with E-state index >= 15 is 0 Å². The first-order valence-corrected chi connectivity index (χ1v) is 8.44. The summed E-state index contributed by atoms with van der Waals surface area (Å²) >= 11 is 0. The minimum atomic E-state index is -1.63. The summed E-state index contributed by atoms with van der Waals surface area (Å²) < 4.78 is 0. The molecule has 0 heterocycles. The number of carboxylic acids is 2. The Labute approximate surface area is 157 Å². The molecule has 0 radical (unpaired) electrons. The van der Waals surface area contributed by atoms with E-state index in [0.717, 1.165) is 0 Å². The van der Waals surface area contributed by atoms with Gasteiger partial charge in [-0.1, -0.05) is 27.7 Å². The van der Waals surface area contributed by atoms with Gasteiger partial charge in [-0.3, -0.25) is 19.2 Å². The number of carboxylic acid groups (broad SMARTS) is 2. The summed E-state index contributed by atoms with van der Waals surface area (Å²) in [4.78, 5) is 57.8. The summed E-state index contributed by atoms with van der Waals surface area (Å²) in [6.45, 7) is 6.32. The predicted molar refractivity (Wildman–Crippen MR) is 94.4 cm³/mol.